The number of ketones is 1. The van der Waals surface area contributed by atoms with Crippen LogP contribution in [0.3, 0.4) is 0 Å². The van der Waals surface area contributed by atoms with Crippen molar-refractivity contribution in [2.45, 2.75) is 6.42 Å². The summed E-state index contributed by atoms with van der Waals surface area (Å²) in [6.07, 6.45) is 2.57. The lowest BCUT2D eigenvalue weighted by atomic mass is 10.1. The molecule has 0 radical (unpaired) electrons. The molecule has 1 aromatic heterocycles. The Balaban J connectivity index is 1.72. The molecule has 0 spiro atoms. The number of rotatable bonds is 4. The molecule has 20 heavy (non-hydrogen) atoms. The number of Topliss-reactive ketones (excluding diaryl/α,β-unsaturated/α-hetero) is 1. The molecule has 0 atom stereocenters. The zero-order chi connectivity index (χ0) is 13.9. The second-order valence-electron chi connectivity index (χ2n) is 5.44. The monoisotopic (exact) mass is 271 g/mol. The van der Waals surface area contributed by atoms with E-state index in [1.165, 1.54) is 0 Å². The Bertz CT molecular complexity index is 611. The summed E-state index contributed by atoms with van der Waals surface area (Å²) in [5.41, 5.74) is 1.98. The van der Waals surface area contributed by atoms with Crippen LogP contribution in [0.1, 0.15) is 16.8 Å². The summed E-state index contributed by atoms with van der Waals surface area (Å²) >= 11 is 0. The van der Waals surface area contributed by atoms with Crippen LogP contribution in [0.2, 0.25) is 0 Å². The molecule has 3 rings (SSSR count). The van der Waals surface area contributed by atoms with E-state index in [2.05, 4.69) is 16.3 Å². The van der Waals surface area contributed by atoms with Crippen LogP contribution in [-0.2, 0) is 7.05 Å². The van der Waals surface area contributed by atoms with Gasteiger partial charge in [0.1, 0.15) is 0 Å². The zero-order valence-electron chi connectivity index (χ0n) is 11.9. The lowest BCUT2D eigenvalue weighted by molar-refractivity contribution is 0.0962. The summed E-state index contributed by atoms with van der Waals surface area (Å²) < 4.78 is 2.04. The Morgan fingerprint density at radius 1 is 1.25 bits per heavy atom. The van der Waals surface area contributed by atoms with Gasteiger partial charge in [0.05, 0.1) is 0 Å². The molecule has 0 saturated carbocycles. The Kier molecular flexibility index (Phi) is 3.85. The summed E-state index contributed by atoms with van der Waals surface area (Å²) in [6, 6.07) is 8.10. The van der Waals surface area contributed by atoms with Crippen molar-refractivity contribution in [2.24, 2.45) is 7.05 Å². The number of nitrogens with one attached hydrogen (secondary N) is 1. The third-order valence-electron chi connectivity index (χ3n) is 4.06. The predicted molar refractivity (Wildman–Crippen MR) is 81.2 cm³/mol. The van der Waals surface area contributed by atoms with Gasteiger partial charge in [-0.1, -0.05) is 18.2 Å². The molecular formula is C16H21N3O. The fourth-order valence-electron chi connectivity index (χ4n) is 2.89. The quantitative estimate of drug-likeness (QED) is 0.859. The third kappa shape index (κ3) is 2.62. The number of carbonyl (C=O) groups excluding carboxylic acids is 1. The van der Waals surface area contributed by atoms with E-state index in [0.717, 1.165) is 49.2 Å². The van der Waals surface area contributed by atoms with Crippen molar-refractivity contribution in [2.75, 3.05) is 32.7 Å². The smallest absolute Gasteiger partial charge is 0.166 e. The molecule has 0 aliphatic carbocycles. The lowest BCUT2D eigenvalue weighted by Crippen LogP contribution is -2.44. The number of benzene rings is 1. The largest absolute Gasteiger partial charge is 0.350 e. The molecule has 0 unspecified atom stereocenters. The minimum atomic E-state index is 0.250. The first-order chi connectivity index (χ1) is 9.75. The van der Waals surface area contributed by atoms with E-state index in [-0.39, 0.29) is 5.78 Å². The maximum atomic E-state index is 12.5. The highest BCUT2D eigenvalue weighted by molar-refractivity contribution is 6.08. The van der Waals surface area contributed by atoms with Crippen LogP contribution in [0.25, 0.3) is 10.9 Å². The number of nitrogens with zero attached hydrogens (tertiary/aromatic N) is 2. The molecule has 106 valence electrons. The molecule has 1 aromatic carbocycles. The van der Waals surface area contributed by atoms with Crippen LogP contribution in [0.15, 0.2) is 30.5 Å². The van der Waals surface area contributed by atoms with Gasteiger partial charge >= 0.3 is 0 Å². The fourth-order valence-corrected chi connectivity index (χ4v) is 2.89. The normalized spacial score (nSPS) is 16.6. The maximum absolute atomic E-state index is 12.5. The summed E-state index contributed by atoms with van der Waals surface area (Å²) in [5.74, 6) is 0.250. The van der Waals surface area contributed by atoms with Crippen LogP contribution in [0, 0.1) is 0 Å². The molecule has 1 N–H and O–H groups in total. The van der Waals surface area contributed by atoms with Crippen LogP contribution in [0.4, 0.5) is 0 Å². The van der Waals surface area contributed by atoms with E-state index in [1.54, 1.807) is 0 Å². The van der Waals surface area contributed by atoms with E-state index in [0.29, 0.717) is 6.42 Å². The second-order valence-corrected chi connectivity index (χ2v) is 5.44. The van der Waals surface area contributed by atoms with Crippen molar-refractivity contribution in [1.29, 1.82) is 0 Å². The van der Waals surface area contributed by atoms with Crippen LogP contribution < -0.4 is 5.32 Å². The molecule has 4 nitrogen and oxygen atoms in total. The summed E-state index contributed by atoms with van der Waals surface area (Å²) in [7, 11) is 2.00. The molecule has 4 heteroatoms. The first-order valence-corrected chi connectivity index (χ1v) is 7.26. The first kappa shape index (κ1) is 13.3. The molecule has 1 fully saturated rings. The Labute approximate surface area is 119 Å². The van der Waals surface area contributed by atoms with Crippen molar-refractivity contribution >= 4 is 16.7 Å². The number of aromatic nitrogens is 1. The van der Waals surface area contributed by atoms with Crippen LogP contribution in [-0.4, -0.2) is 48.0 Å². The van der Waals surface area contributed by atoms with Crippen molar-refractivity contribution in [3.8, 4) is 0 Å². The van der Waals surface area contributed by atoms with Crippen molar-refractivity contribution in [1.82, 2.24) is 14.8 Å². The number of hydrogen-bond donors (Lipinski definition) is 1. The van der Waals surface area contributed by atoms with E-state index < -0.39 is 0 Å². The number of hydrogen-bond acceptors (Lipinski definition) is 3. The molecule has 1 saturated heterocycles. The van der Waals surface area contributed by atoms with Gasteiger partial charge in [-0.05, 0) is 6.07 Å². The predicted octanol–water partition coefficient (Wildman–Crippen LogP) is 1.66. The standard InChI is InChI=1S/C16H21N3O/c1-18-12-14(13-4-2-3-5-15(13)18)16(20)6-9-19-10-7-17-8-11-19/h2-5,12,17H,6-11H2,1H3. The average Bonchev–Trinajstić information content (AvgIpc) is 2.84. The third-order valence-corrected chi connectivity index (χ3v) is 4.06. The topological polar surface area (TPSA) is 37.3 Å². The highest BCUT2D eigenvalue weighted by Gasteiger charge is 2.16. The van der Waals surface area contributed by atoms with Gasteiger partial charge < -0.3 is 14.8 Å². The van der Waals surface area contributed by atoms with Gasteiger partial charge in [0.2, 0.25) is 0 Å². The molecule has 2 aromatic rings. The first-order valence-electron chi connectivity index (χ1n) is 7.26. The Morgan fingerprint density at radius 2 is 2.00 bits per heavy atom. The maximum Gasteiger partial charge on any atom is 0.166 e. The van der Waals surface area contributed by atoms with E-state index in [1.807, 2.05) is 36.0 Å². The van der Waals surface area contributed by atoms with Crippen molar-refractivity contribution in [3.05, 3.63) is 36.0 Å². The van der Waals surface area contributed by atoms with E-state index in [4.69, 9.17) is 0 Å². The highest BCUT2D eigenvalue weighted by atomic mass is 16.1. The van der Waals surface area contributed by atoms with Gasteiger partial charge in [-0.3, -0.25) is 4.79 Å². The number of piperazine rings is 1. The molecule has 1 aliphatic rings. The molecule has 0 bridgehead atoms. The average molecular weight is 271 g/mol. The Morgan fingerprint density at radius 3 is 2.80 bits per heavy atom. The SMILES string of the molecule is Cn1cc(C(=O)CCN2CCNCC2)c2ccccc21. The minimum Gasteiger partial charge on any atom is -0.350 e. The van der Waals surface area contributed by atoms with Gasteiger partial charge in [-0.2, -0.15) is 0 Å². The van der Waals surface area contributed by atoms with E-state index in [9.17, 15) is 4.79 Å². The van der Waals surface area contributed by atoms with Gasteiger partial charge in [-0.15, -0.1) is 0 Å². The lowest BCUT2D eigenvalue weighted by Gasteiger charge is -2.26. The van der Waals surface area contributed by atoms with Gasteiger partial charge in [0.25, 0.3) is 0 Å². The fraction of sp³-hybridized carbons (Fsp3) is 0.438. The van der Waals surface area contributed by atoms with Crippen molar-refractivity contribution in [3.63, 3.8) is 0 Å². The number of carbonyl (C=O) groups is 1. The molecule has 1 aliphatic heterocycles. The number of fused-ring (bicyclic) bond motifs is 1. The number of aryl methyl sites for hydroxylation is 1. The molecular weight excluding hydrogens is 250 g/mol. The van der Waals surface area contributed by atoms with E-state index >= 15 is 0 Å². The van der Waals surface area contributed by atoms with Gasteiger partial charge in [-0.25, -0.2) is 0 Å². The number of para-hydroxylation sites is 1. The van der Waals surface area contributed by atoms with Crippen LogP contribution in [0.5, 0.6) is 0 Å². The van der Waals surface area contributed by atoms with Gasteiger partial charge in [0.15, 0.2) is 5.78 Å². The summed E-state index contributed by atoms with van der Waals surface area (Å²) in [4.78, 5) is 14.8. The van der Waals surface area contributed by atoms with Crippen LogP contribution >= 0.6 is 0 Å². The Hall–Kier alpha value is -1.65. The summed E-state index contributed by atoms with van der Waals surface area (Å²) in [5, 5.41) is 4.40. The minimum absolute atomic E-state index is 0.250. The zero-order valence-corrected chi connectivity index (χ0v) is 11.9. The van der Waals surface area contributed by atoms with Gasteiger partial charge in [0, 0.05) is 68.9 Å². The molecule has 2 heterocycles. The molecule has 0 amide bonds. The second kappa shape index (κ2) is 5.77. The summed E-state index contributed by atoms with van der Waals surface area (Å²) in [6.45, 7) is 5.01. The highest BCUT2D eigenvalue weighted by Crippen LogP contribution is 2.21. The van der Waals surface area contributed by atoms with Crippen molar-refractivity contribution < 1.29 is 4.79 Å².